The van der Waals surface area contributed by atoms with Gasteiger partial charge in [-0.2, -0.15) is 5.10 Å². The summed E-state index contributed by atoms with van der Waals surface area (Å²) < 4.78 is 7.20. The lowest BCUT2D eigenvalue weighted by Crippen LogP contribution is -2.35. The van der Waals surface area contributed by atoms with Gasteiger partial charge in [-0.25, -0.2) is 4.68 Å². The molecule has 0 N–H and O–H groups in total. The van der Waals surface area contributed by atoms with Crippen molar-refractivity contribution in [2.24, 2.45) is 5.92 Å². The highest BCUT2D eigenvalue weighted by Gasteiger charge is 2.20. The molecule has 24 heavy (non-hydrogen) atoms. The largest absolute Gasteiger partial charge is 0.385 e. The summed E-state index contributed by atoms with van der Waals surface area (Å²) in [4.78, 5) is 2.60. The fourth-order valence-corrected chi connectivity index (χ4v) is 3.65. The summed E-state index contributed by atoms with van der Waals surface area (Å²) in [6.45, 7) is 6.43. The van der Waals surface area contributed by atoms with Crippen LogP contribution in [0.3, 0.4) is 0 Å². The van der Waals surface area contributed by atoms with E-state index in [4.69, 9.17) is 9.84 Å². The zero-order valence-electron chi connectivity index (χ0n) is 14.9. The van der Waals surface area contributed by atoms with Gasteiger partial charge in [0.25, 0.3) is 0 Å². The number of aromatic nitrogens is 2. The van der Waals surface area contributed by atoms with Gasteiger partial charge in [0.05, 0.1) is 11.4 Å². The summed E-state index contributed by atoms with van der Waals surface area (Å²) >= 11 is 0. The smallest absolute Gasteiger partial charge is 0.0645 e. The van der Waals surface area contributed by atoms with Crippen molar-refractivity contribution in [1.82, 2.24) is 14.7 Å². The van der Waals surface area contributed by atoms with E-state index in [0.717, 1.165) is 30.5 Å². The van der Waals surface area contributed by atoms with Crippen LogP contribution in [0.4, 0.5) is 0 Å². The van der Waals surface area contributed by atoms with Gasteiger partial charge in [-0.15, -0.1) is 0 Å². The lowest BCUT2D eigenvalue weighted by Gasteiger charge is -2.32. The Morgan fingerprint density at radius 3 is 2.88 bits per heavy atom. The maximum Gasteiger partial charge on any atom is 0.0645 e. The van der Waals surface area contributed by atoms with Gasteiger partial charge in [0, 0.05) is 38.6 Å². The molecule has 1 saturated heterocycles. The molecule has 0 unspecified atom stereocenters. The molecule has 1 aromatic heterocycles. The number of nitrogens with zero attached hydrogens (tertiary/aromatic N) is 3. The van der Waals surface area contributed by atoms with E-state index in [9.17, 15) is 0 Å². The van der Waals surface area contributed by atoms with Crippen molar-refractivity contribution in [2.45, 2.75) is 39.2 Å². The summed E-state index contributed by atoms with van der Waals surface area (Å²) in [5.41, 5.74) is 3.61. The molecular weight excluding hydrogens is 298 g/mol. The SMILES string of the molecule is COCCC[C@H]1CCCN(Cc2cn(-c3ccccc3)nc2C)C1. The minimum Gasteiger partial charge on any atom is -0.385 e. The van der Waals surface area contributed by atoms with E-state index >= 15 is 0 Å². The van der Waals surface area contributed by atoms with Crippen molar-refractivity contribution in [1.29, 1.82) is 0 Å². The second-order valence-corrected chi connectivity index (χ2v) is 6.90. The van der Waals surface area contributed by atoms with Gasteiger partial charge in [0.15, 0.2) is 0 Å². The Balaban J connectivity index is 1.60. The van der Waals surface area contributed by atoms with Crippen LogP contribution in [-0.4, -0.2) is 41.5 Å². The van der Waals surface area contributed by atoms with Crippen LogP contribution < -0.4 is 0 Å². The molecule has 1 aliphatic rings. The number of hydrogen-bond donors (Lipinski definition) is 0. The molecule has 0 spiro atoms. The van der Waals surface area contributed by atoms with Gasteiger partial charge >= 0.3 is 0 Å². The Morgan fingerprint density at radius 1 is 1.25 bits per heavy atom. The first-order valence-corrected chi connectivity index (χ1v) is 9.08. The van der Waals surface area contributed by atoms with Gasteiger partial charge in [-0.05, 0) is 57.2 Å². The normalized spacial score (nSPS) is 18.8. The van der Waals surface area contributed by atoms with Gasteiger partial charge in [-0.3, -0.25) is 4.90 Å². The molecule has 0 radical (unpaired) electrons. The number of rotatable bonds is 7. The molecule has 4 nitrogen and oxygen atoms in total. The average Bonchev–Trinajstić information content (AvgIpc) is 2.97. The second-order valence-electron chi connectivity index (χ2n) is 6.90. The zero-order valence-corrected chi connectivity index (χ0v) is 14.9. The van der Waals surface area contributed by atoms with E-state index in [0.29, 0.717) is 0 Å². The van der Waals surface area contributed by atoms with Crippen molar-refractivity contribution in [3.8, 4) is 5.69 Å². The summed E-state index contributed by atoms with van der Waals surface area (Å²) in [6.07, 6.45) is 7.33. The van der Waals surface area contributed by atoms with Gasteiger partial charge < -0.3 is 4.74 Å². The molecule has 0 saturated carbocycles. The molecule has 1 atom stereocenters. The Bertz CT molecular complexity index is 623. The molecule has 130 valence electrons. The predicted molar refractivity (Wildman–Crippen MR) is 97.4 cm³/mol. The molecule has 2 heterocycles. The van der Waals surface area contributed by atoms with Crippen molar-refractivity contribution in [2.75, 3.05) is 26.8 Å². The molecule has 1 aromatic carbocycles. The van der Waals surface area contributed by atoms with Gasteiger partial charge in [0.1, 0.15) is 0 Å². The highest BCUT2D eigenvalue weighted by Crippen LogP contribution is 2.23. The Kier molecular flexibility index (Phi) is 6.05. The second kappa shape index (κ2) is 8.45. The van der Waals surface area contributed by atoms with Crippen molar-refractivity contribution in [3.63, 3.8) is 0 Å². The number of methoxy groups -OCH3 is 1. The maximum absolute atomic E-state index is 5.19. The summed E-state index contributed by atoms with van der Waals surface area (Å²) in [5.74, 6) is 0.818. The fourth-order valence-electron chi connectivity index (χ4n) is 3.65. The first-order valence-electron chi connectivity index (χ1n) is 9.08. The van der Waals surface area contributed by atoms with Crippen LogP contribution in [-0.2, 0) is 11.3 Å². The molecule has 2 aromatic rings. The molecular formula is C20H29N3O. The highest BCUT2D eigenvalue weighted by molar-refractivity contribution is 5.32. The quantitative estimate of drug-likeness (QED) is 0.724. The van der Waals surface area contributed by atoms with E-state index in [1.54, 1.807) is 7.11 Å². The van der Waals surface area contributed by atoms with E-state index in [-0.39, 0.29) is 0 Å². The van der Waals surface area contributed by atoms with Crippen LogP contribution in [0.2, 0.25) is 0 Å². The third kappa shape index (κ3) is 4.46. The lowest BCUT2D eigenvalue weighted by molar-refractivity contribution is 0.142. The van der Waals surface area contributed by atoms with E-state index in [1.807, 2.05) is 10.7 Å². The topological polar surface area (TPSA) is 30.3 Å². The van der Waals surface area contributed by atoms with Crippen LogP contribution in [0.15, 0.2) is 36.5 Å². The van der Waals surface area contributed by atoms with Crippen LogP contribution in [0.25, 0.3) is 5.69 Å². The minimum atomic E-state index is 0.818. The molecule has 0 aliphatic carbocycles. The average molecular weight is 327 g/mol. The van der Waals surface area contributed by atoms with Crippen molar-refractivity contribution in [3.05, 3.63) is 47.8 Å². The standard InChI is InChI=1S/C20H29N3O/c1-17-19(16-23(21-17)20-10-4-3-5-11-20)15-22-12-6-8-18(14-22)9-7-13-24-2/h3-5,10-11,16,18H,6-9,12-15H2,1-2H3/t18-/m1/s1. The Labute approximate surface area is 145 Å². The number of para-hydroxylation sites is 1. The van der Waals surface area contributed by atoms with Crippen molar-refractivity contribution < 1.29 is 4.74 Å². The summed E-state index contributed by atoms with van der Waals surface area (Å²) in [7, 11) is 1.79. The Hall–Kier alpha value is -1.65. The Morgan fingerprint density at radius 2 is 2.08 bits per heavy atom. The number of benzene rings is 1. The predicted octanol–water partition coefficient (Wildman–Crippen LogP) is 3.82. The fraction of sp³-hybridized carbons (Fsp3) is 0.550. The van der Waals surface area contributed by atoms with Crippen LogP contribution >= 0.6 is 0 Å². The van der Waals surface area contributed by atoms with Gasteiger partial charge in [0.2, 0.25) is 0 Å². The summed E-state index contributed by atoms with van der Waals surface area (Å²) in [6, 6.07) is 10.4. The molecule has 1 aliphatic heterocycles. The number of piperidine rings is 1. The first kappa shape index (κ1) is 17.2. The maximum atomic E-state index is 5.19. The number of likely N-dealkylation sites (tertiary alicyclic amines) is 1. The third-order valence-corrected chi connectivity index (χ3v) is 4.98. The monoisotopic (exact) mass is 327 g/mol. The molecule has 0 bridgehead atoms. The first-order chi connectivity index (χ1) is 11.8. The molecule has 1 fully saturated rings. The van der Waals surface area contributed by atoms with E-state index in [2.05, 4.69) is 42.3 Å². The molecule has 4 heteroatoms. The lowest BCUT2D eigenvalue weighted by atomic mass is 9.93. The van der Waals surface area contributed by atoms with E-state index in [1.165, 1.54) is 44.3 Å². The van der Waals surface area contributed by atoms with Crippen LogP contribution in [0, 0.1) is 12.8 Å². The minimum absolute atomic E-state index is 0.818. The highest BCUT2D eigenvalue weighted by atomic mass is 16.5. The van der Waals surface area contributed by atoms with Gasteiger partial charge in [-0.1, -0.05) is 18.2 Å². The third-order valence-electron chi connectivity index (χ3n) is 4.98. The summed E-state index contributed by atoms with van der Waals surface area (Å²) in [5, 5.41) is 4.70. The number of ether oxygens (including phenoxy) is 1. The van der Waals surface area contributed by atoms with Crippen molar-refractivity contribution >= 4 is 0 Å². The molecule has 3 rings (SSSR count). The van der Waals surface area contributed by atoms with Crippen LogP contribution in [0.1, 0.15) is 36.9 Å². The number of hydrogen-bond acceptors (Lipinski definition) is 3. The molecule has 0 amide bonds. The van der Waals surface area contributed by atoms with E-state index < -0.39 is 0 Å². The van der Waals surface area contributed by atoms with Crippen LogP contribution in [0.5, 0.6) is 0 Å². The zero-order chi connectivity index (χ0) is 16.8. The number of aryl methyl sites for hydroxylation is 1.